The SMILES string of the molecule is CCOC(=O)C1(C#N)CCN(c2ncc(Br)cn2)CC1.Cl.[C-]#[N+]C1(C(=O)OCC)CCN(B(C)O)CC1.[C-]#[N+]C1(C(=O)OCC)CCNCC1.[C-]#[N+]C1CCN(B(C)O)CC1. The molecule has 4 saturated heterocycles. The van der Waals surface area contributed by atoms with E-state index in [0.29, 0.717) is 90.5 Å². The van der Waals surface area contributed by atoms with Gasteiger partial charge in [-0.3, -0.25) is 14.5 Å². The number of rotatable bonds is 9. The molecule has 61 heavy (non-hydrogen) atoms. The third-order valence-electron chi connectivity index (χ3n) is 10.9. The summed E-state index contributed by atoms with van der Waals surface area (Å²) in [7, 11) is -0.868. The highest BCUT2D eigenvalue weighted by atomic mass is 79.9. The molecule has 0 spiro atoms. The van der Waals surface area contributed by atoms with Gasteiger partial charge in [0.05, 0.1) is 30.4 Å². The first kappa shape index (κ1) is 55.0. The molecule has 0 aromatic carbocycles. The fourth-order valence-electron chi connectivity index (χ4n) is 6.94. The van der Waals surface area contributed by atoms with E-state index in [-0.39, 0.29) is 31.5 Å². The van der Waals surface area contributed by atoms with Crippen molar-refractivity contribution in [2.24, 2.45) is 5.41 Å². The van der Waals surface area contributed by atoms with Gasteiger partial charge in [0.1, 0.15) is 0 Å². The van der Waals surface area contributed by atoms with Gasteiger partial charge in [-0.15, -0.1) is 12.4 Å². The molecule has 4 fully saturated rings. The molecule has 0 bridgehead atoms. The van der Waals surface area contributed by atoms with E-state index in [1.165, 1.54) is 0 Å². The fourth-order valence-corrected chi connectivity index (χ4v) is 7.14. The van der Waals surface area contributed by atoms with Gasteiger partial charge < -0.3 is 48.9 Å². The zero-order chi connectivity index (χ0) is 44.8. The summed E-state index contributed by atoms with van der Waals surface area (Å²) in [5.74, 6) is -0.579. The van der Waals surface area contributed by atoms with Crippen LogP contribution in [0, 0.1) is 36.5 Å². The average Bonchev–Trinajstić information content (AvgIpc) is 3.27. The van der Waals surface area contributed by atoms with Crippen molar-refractivity contribution < 1.29 is 38.6 Å². The van der Waals surface area contributed by atoms with Crippen LogP contribution < -0.4 is 10.2 Å². The molecular formula is C39H60B2BrClN10O8. The van der Waals surface area contributed by atoms with Crippen LogP contribution in [0.15, 0.2) is 16.9 Å². The first-order valence-electron chi connectivity index (χ1n) is 20.5. The van der Waals surface area contributed by atoms with E-state index >= 15 is 0 Å². The van der Waals surface area contributed by atoms with Crippen molar-refractivity contribution in [3.63, 3.8) is 0 Å². The Hall–Kier alpha value is -4.05. The molecule has 18 nitrogen and oxygen atoms in total. The minimum atomic E-state index is -1.03. The Morgan fingerprint density at radius 1 is 0.803 bits per heavy atom. The Morgan fingerprint density at radius 2 is 1.23 bits per heavy atom. The maximum atomic E-state index is 11.9. The van der Waals surface area contributed by atoms with Crippen LogP contribution in [-0.2, 0) is 28.6 Å². The van der Waals surface area contributed by atoms with E-state index in [9.17, 15) is 29.7 Å². The van der Waals surface area contributed by atoms with E-state index < -0.39 is 35.5 Å². The standard InChI is InChI=1S/C13H15BrN4O2.C10H17BN2O3.C9H14N2O2.C7H13BN2O.ClH/c1-2-20-11(19)13(9-15)3-5-18(6-4-13)12-16-7-10(14)8-17-12;1-4-16-9(14)10(12-3)5-7-13(8-6-10)11(2)15;1-3-13-8(12)9(10-2)4-6-11-7-5-9;1-8(11)10-5-3-7(9-2)4-6-10;/h7-8H,2-6H2,1H3;15H,4-8H2,1-2H3;11H,3-7H2,1H3;7,11H,3-6H2,1H3;1H. The van der Waals surface area contributed by atoms with Gasteiger partial charge in [-0.1, -0.05) is 0 Å². The van der Waals surface area contributed by atoms with Crippen molar-refractivity contribution in [2.45, 2.75) is 103 Å². The highest BCUT2D eigenvalue weighted by Crippen LogP contribution is 2.34. The number of anilines is 1. The second-order valence-corrected chi connectivity index (χ2v) is 15.7. The van der Waals surface area contributed by atoms with Gasteiger partial charge in [0.15, 0.2) is 5.41 Å². The van der Waals surface area contributed by atoms with Crippen LogP contribution in [0.25, 0.3) is 14.5 Å². The second kappa shape index (κ2) is 27.8. The van der Waals surface area contributed by atoms with Gasteiger partial charge in [0.2, 0.25) is 12.0 Å². The van der Waals surface area contributed by atoms with Crippen LogP contribution in [0.5, 0.6) is 0 Å². The molecule has 5 rings (SSSR count). The lowest BCUT2D eigenvalue weighted by molar-refractivity contribution is -0.153. The van der Waals surface area contributed by atoms with Gasteiger partial charge in [0.25, 0.3) is 0 Å². The normalized spacial score (nSPS) is 19.0. The molecule has 0 saturated carbocycles. The summed E-state index contributed by atoms with van der Waals surface area (Å²) >= 11 is 3.29. The Morgan fingerprint density at radius 3 is 1.62 bits per heavy atom. The first-order valence-corrected chi connectivity index (χ1v) is 21.3. The number of halogens is 2. The van der Waals surface area contributed by atoms with Crippen LogP contribution in [-0.4, -0.2) is 151 Å². The van der Waals surface area contributed by atoms with E-state index in [1.54, 1.807) is 46.8 Å². The van der Waals surface area contributed by atoms with Crippen molar-refractivity contribution in [3.05, 3.63) is 51.1 Å². The highest BCUT2D eigenvalue weighted by molar-refractivity contribution is 9.10. The Balaban J connectivity index is 0.000000414. The zero-order valence-corrected chi connectivity index (χ0v) is 38.4. The summed E-state index contributed by atoms with van der Waals surface area (Å²) in [6, 6.07) is 2.33. The van der Waals surface area contributed by atoms with Crippen molar-refractivity contribution in [3.8, 4) is 6.07 Å². The summed E-state index contributed by atoms with van der Waals surface area (Å²) in [5.41, 5.74) is -2.95. The van der Waals surface area contributed by atoms with E-state index in [0.717, 1.165) is 43.5 Å². The molecule has 1 aromatic heterocycles. The van der Waals surface area contributed by atoms with Crippen molar-refractivity contribution >= 4 is 66.3 Å². The molecule has 0 amide bonds. The topological polar surface area (TPSA) is 204 Å². The van der Waals surface area contributed by atoms with Crippen LogP contribution >= 0.6 is 28.3 Å². The molecule has 0 aliphatic carbocycles. The third kappa shape index (κ3) is 16.3. The molecule has 0 unspecified atom stereocenters. The number of nitrogens with one attached hydrogen (secondary N) is 1. The number of piperidine rings is 4. The molecule has 4 aliphatic rings. The maximum Gasteiger partial charge on any atom is 0.393 e. The summed E-state index contributed by atoms with van der Waals surface area (Å²) < 4.78 is 15.7. The third-order valence-corrected chi connectivity index (χ3v) is 11.3. The number of ether oxygens (including phenoxy) is 3. The number of carbonyl (C=O) groups is 3. The molecule has 0 radical (unpaired) electrons. The molecule has 22 heteroatoms. The van der Waals surface area contributed by atoms with Crippen LogP contribution in [0.1, 0.15) is 72.1 Å². The van der Waals surface area contributed by atoms with Crippen molar-refractivity contribution in [2.75, 3.05) is 77.1 Å². The number of hydrogen-bond acceptors (Lipinski definition) is 15. The summed E-state index contributed by atoms with van der Waals surface area (Å²) in [5, 5.41) is 31.0. The summed E-state index contributed by atoms with van der Waals surface area (Å²) in [6.45, 7) is 36.1. The predicted molar refractivity (Wildman–Crippen MR) is 237 cm³/mol. The Labute approximate surface area is 376 Å². The maximum absolute atomic E-state index is 11.9. The van der Waals surface area contributed by atoms with E-state index in [2.05, 4.69) is 51.8 Å². The number of nitriles is 1. The number of carbonyl (C=O) groups excluding carboxylic acids is 3. The van der Waals surface area contributed by atoms with Crippen LogP contribution in [0.2, 0.25) is 13.6 Å². The number of aromatic nitrogens is 2. The molecule has 0 atom stereocenters. The van der Waals surface area contributed by atoms with Gasteiger partial charge >= 0.3 is 43.1 Å². The largest absolute Gasteiger partial charge is 0.465 e. The average molecular weight is 934 g/mol. The van der Waals surface area contributed by atoms with E-state index in [4.69, 9.17) is 33.9 Å². The van der Waals surface area contributed by atoms with Crippen LogP contribution in [0.4, 0.5) is 5.95 Å². The number of hydrogen-bond donors (Lipinski definition) is 3. The second-order valence-electron chi connectivity index (χ2n) is 14.8. The monoisotopic (exact) mass is 932 g/mol. The van der Waals surface area contributed by atoms with Gasteiger partial charge in [-0.2, -0.15) is 5.26 Å². The minimum Gasteiger partial charge on any atom is -0.465 e. The first-order chi connectivity index (χ1) is 28.6. The lowest BCUT2D eigenvalue weighted by Crippen LogP contribution is -2.51. The van der Waals surface area contributed by atoms with Crippen molar-refractivity contribution in [1.29, 1.82) is 5.26 Å². The quantitative estimate of drug-likeness (QED) is 0.140. The molecular weight excluding hydrogens is 873 g/mol. The van der Waals surface area contributed by atoms with Gasteiger partial charge in [-0.05, 0) is 89.4 Å². The van der Waals surface area contributed by atoms with Gasteiger partial charge in [0, 0.05) is 77.1 Å². The number of esters is 3. The summed E-state index contributed by atoms with van der Waals surface area (Å²) in [6.07, 6.45) is 8.04. The molecule has 334 valence electrons. The molecule has 5 heterocycles. The highest BCUT2D eigenvalue weighted by Gasteiger charge is 2.50. The lowest BCUT2D eigenvalue weighted by atomic mass is 9.78. The predicted octanol–water partition coefficient (Wildman–Crippen LogP) is 3.82. The minimum absolute atomic E-state index is 0. The Bertz CT molecular complexity index is 1680. The smallest absolute Gasteiger partial charge is 0.393 e. The van der Waals surface area contributed by atoms with Crippen molar-refractivity contribution in [1.82, 2.24) is 24.9 Å². The zero-order valence-electron chi connectivity index (χ0n) is 36.0. The number of nitrogens with zero attached hydrogens (tertiary/aromatic N) is 9. The lowest BCUT2D eigenvalue weighted by Gasteiger charge is -2.35. The molecule has 3 N–H and O–H groups in total. The Kier molecular flexibility index (Phi) is 25.1. The van der Waals surface area contributed by atoms with E-state index in [1.807, 2.05) is 14.5 Å². The van der Waals surface area contributed by atoms with Gasteiger partial charge in [-0.25, -0.2) is 39.3 Å². The fraction of sp³-hybridized carbons (Fsp3) is 0.718. The summed E-state index contributed by atoms with van der Waals surface area (Å²) in [4.78, 5) is 59.8. The molecule has 1 aromatic rings. The van der Waals surface area contributed by atoms with Crippen LogP contribution in [0.3, 0.4) is 0 Å². The molecule has 4 aliphatic heterocycles.